The first kappa shape index (κ1) is 16.8. The number of carboxylic acids is 1. The predicted octanol–water partition coefficient (Wildman–Crippen LogP) is 2.49. The van der Waals surface area contributed by atoms with Crippen molar-refractivity contribution < 1.29 is 9.90 Å². The van der Waals surface area contributed by atoms with Gasteiger partial charge in [-0.3, -0.25) is 9.36 Å². The van der Waals surface area contributed by atoms with Crippen LogP contribution >= 0.6 is 11.8 Å². The van der Waals surface area contributed by atoms with Gasteiger partial charge in [0.1, 0.15) is 0 Å². The summed E-state index contributed by atoms with van der Waals surface area (Å²) in [6.45, 7) is 10.2. The van der Waals surface area contributed by atoms with Gasteiger partial charge in [-0.1, -0.05) is 25.6 Å². The van der Waals surface area contributed by atoms with Gasteiger partial charge in [0.15, 0.2) is 5.16 Å². The summed E-state index contributed by atoms with van der Waals surface area (Å²) in [5, 5.41) is 17.9. The Hall–Kier alpha value is -1.24. The first-order valence-electron chi connectivity index (χ1n) is 7.09. The van der Waals surface area contributed by atoms with Gasteiger partial charge in [0, 0.05) is 19.1 Å². The fourth-order valence-corrected chi connectivity index (χ4v) is 2.70. The smallest absolute Gasteiger partial charge is 0.313 e. The monoisotopic (exact) mass is 300 g/mol. The molecule has 0 spiro atoms. The molecule has 0 fully saturated rings. The highest BCUT2D eigenvalue weighted by Gasteiger charge is 2.20. The quantitative estimate of drug-likeness (QED) is 0.706. The van der Waals surface area contributed by atoms with E-state index in [1.54, 1.807) is 0 Å². The van der Waals surface area contributed by atoms with Crippen molar-refractivity contribution in [2.45, 2.75) is 58.3 Å². The molecule has 7 heteroatoms. The molecule has 0 aliphatic carbocycles. The fourth-order valence-electron chi connectivity index (χ4n) is 2.02. The summed E-state index contributed by atoms with van der Waals surface area (Å²) in [6.07, 6.45) is 1.99. The largest absolute Gasteiger partial charge is 0.481 e. The van der Waals surface area contributed by atoms with Crippen LogP contribution in [-0.4, -0.2) is 44.2 Å². The number of nitrogens with zero attached hydrogens (tertiary/aromatic N) is 4. The lowest BCUT2D eigenvalue weighted by atomic mass is 10.2. The number of hydrogen-bond donors (Lipinski definition) is 1. The second-order valence-electron chi connectivity index (χ2n) is 4.66. The molecular weight excluding hydrogens is 276 g/mol. The molecule has 1 rings (SSSR count). The zero-order chi connectivity index (χ0) is 15.1. The van der Waals surface area contributed by atoms with Gasteiger partial charge in [0.25, 0.3) is 0 Å². The van der Waals surface area contributed by atoms with Gasteiger partial charge in [0.05, 0.1) is 5.75 Å². The van der Waals surface area contributed by atoms with Crippen molar-refractivity contribution in [3.8, 4) is 0 Å². The Kier molecular flexibility index (Phi) is 6.84. The molecule has 1 N–H and O–H groups in total. The van der Waals surface area contributed by atoms with E-state index in [2.05, 4.69) is 42.8 Å². The number of anilines is 1. The van der Waals surface area contributed by atoms with Gasteiger partial charge < -0.3 is 10.0 Å². The standard InChI is InChI=1S/C13H24N4O2S/c1-5-8-17-12(16(7-3)10(4)6-2)14-15-13(17)20-9-11(18)19/h10H,5-9H2,1-4H3,(H,18,19). The van der Waals surface area contributed by atoms with Crippen LogP contribution < -0.4 is 4.90 Å². The highest BCUT2D eigenvalue weighted by molar-refractivity contribution is 7.99. The zero-order valence-corrected chi connectivity index (χ0v) is 13.5. The molecule has 0 aliphatic rings. The van der Waals surface area contributed by atoms with Crippen molar-refractivity contribution in [1.82, 2.24) is 14.8 Å². The van der Waals surface area contributed by atoms with Crippen LogP contribution in [0.15, 0.2) is 5.16 Å². The third kappa shape index (κ3) is 4.13. The Morgan fingerprint density at radius 2 is 2.10 bits per heavy atom. The number of aliphatic carboxylic acids is 1. The van der Waals surface area contributed by atoms with Gasteiger partial charge in [-0.25, -0.2) is 0 Å². The minimum Gasteiger partial charge on any atom is -0.481 e. The highest BCUT2D eigenvalue weighted by atomic mass is 32.2. The molecule has 0 saturated heterocycles. The van der Waals surface area contributed by atoms with Crippen LogP contribution in [0.1, 0.15) is 40.5 Å². The Bertz CT molecular complexity index is 436. The van der Waals surface area contributed by atoms with Crippen molar-refractivity contribution in [3.63, 3.8) is 0 Å². The van der Waals surface area contributed by atoms with Crippen LogP contribution in [0.4, 0.5) is 5.95 Å². The van der Waals surface area contributed by atoms with E-state index in [9.17, 15) is 4.79 Å². The van der Waals surface area contributed by atoms with Gasteiger partial charge in [-0.05, 0) is 26.7 Å². The normalized spacial score (nSPS) is 12.4. The van der Waals surface area contributed by atoms with Crippen LogP contribution in [-0.2, 0) is 11.3 Å². The molecule has 0 amide bonds. The lowest BCUT2D eigenvalue weighted by molar-refractivity contribution is -0.133. The maximum atomic E-state index is 10.7. The van der Waals surface area contributed by atoms with Gasteiger partial charge in [0.2, 0.25) is 5.95 Å². The lowest BCUT2D eigenvalue weighted by Crippen LogP contribution is -2.34. The summed E-state index contributed by atoms with van der Waals surface area (Å²) in [6, 6.07) is 0.386. The van der Waals surface area contributed by atoms with Crippen LogP contribution in [0.2, 0.25) is 0 Å². The molecule has 6 nitrogen and oxygen atoms in total. The number of thioether (sulfide) groups is 1. The maximum absolute atomic E-state index is 10.7. The Labute approximate surface area is 124 Å². The summed E-state index contributed by atoms with van der Waals surface area (Å²) < 4.78 is 2.03. The van der Waals surface area contributed by atoms with Crippen molar-refractivity contribution in [3.05, 3.63) is 0 Å². The number of aromatic nitrogens is 3. The molecule has 0 bridgehead atoms. The van der Waals surface area contributed by atoms with E-state index in [4.69, 9.17) is 5.11 Å². The Balaban J connectivity index is 3.02. The molecule has 0 saturated carbocycles. The van der Waals surface area contributed by atoms with Gasteiger partial charge >= 0.3 is 5.97 Å². The van der Waals surface area contributed by atoms with Gasteiger partial charge in [-0.2, -0.15) is 0 Å². The van der Waals surface area contributed by atoms with E-state index >= 15 is 0 Å². The number of hydrogen-bond acceptors (Lipinski definition) is 5. The molecule has 1 unspecified atom stereocenters. The highest BCUT2D eigenvalue weighted by Crippen LogP contribution is 2.24. The van der Waals surface area contributed by atoms with E-state index in [-0.39, 0.29) is 5.75 Å². The fraction of sp³-hybridized carbons (Fsp3) is 0.769. The van der Waals surface area contributed by atoms with Crippen LogP contribution in [0.5, 0.6) is 0 Å². The average molecular weight is 300 g/mol. The number of carbonyl (C=O) groups is 1. The molecular formula is C13H24N4O2S. The molecule has 1 aromatic heterocycles. The summed E-state index contributed by atoms with van der Waals surface area (Å²) in [5.41, 5.74) is 0. The molecule has 1 atom stereocenters. The molecule has 0 aliphatic heterocycles. The zero-order valence-electron chi connectivity index (χ0n) is 12.7. The minimum atomic E-state index is -0.836. The van der Waals surface area contributed by atoms with Crippen molar-refractivity contribution >= 4 is 23.7 Å². The first-order chi connectivity index (χ1) is 9.54. The molecule has 1 heterocycles. The Morgan fingerprint density at radius 3 is 2.60 bits per heavy atom. The lowest BCUT2D eigenvalue weighted by Gasteiger charge is -2.28. The molecule has 0 aromatic carbocycles. The van der Waals surface area contributed by atoms with E-state index in [1.165, 1.54) is 11.8 Å². The topological polar surface area (TPSA) is 71.2 Å². The molecule has 20 heavy (non-hydrogen) atoms. The predicted molar refractivity (Wildman–Crippen MR) is 81.4 cm³/mol. The molecule has 114 valence electrons. The van der Waals surface area contributed by atoms with Crippen LogP contribution in [0.3, 0.4) is 0 Å². The van der Waals surface area contributed by atoms with Gasteiger partial charge in [-0.15, -0.1) is 10.2 Å². The van der Waals surface area contributed by atoms with E-state index in [0.717, 1.165) is 31.9 Å². The van der Waals surface area contributed by atoms with Crippen molar-refractivity contribution in [2.75, 3.05) is 17.2 Å². The average Bonchev–Trinajstić information content (AvgIpc) is 2.81. The Morgan fingerprint density at radius 1 is 1.40 bits per heavy atom. The second kappa shape index (κ2) is 8.14. The van der Waals surface area contributed by atoms with Crippen LogP contribution in [0.25, 0.3) is 0 Å². The summed E-state index contributed by atoms with van der Waals surface area (Å²) in [7, 11) is 0. The van der Waals surface area contributed by atoms with Crippen molar-refractivity contribution in [1.29, 1.82) is 0 Å². The summed E-state index contributed by atoms with van der Waals surface area (Å²) >= 11 is 1.23. The third-order valence-corrected chi connectivity index (χ3v) is 4.14. The first-order valence-corrected chi connectivity index (χ1v) is 8.08. The maximum Gasteiger partial charge on any atom is 0.313 e. The second-order valence-corrected chi connectivity index (χ2v) is 5.60. The minimum absolute atomic E-state index is 0.0112. The summed E-state index contributed by atoms with van der Waals surface area (Å²) in [4.78, 5) is 12.9. The molecule has 1 aromatic rings. The number of carboxylic acid groups (broad SMARTS) is 1. The van der Waals surface area contributed by atoms with Crippen molar-refractivity contribution in [2.24, 2.45) is 0 Å². The molecule has 0 radical (unpaired) electrons. The third-order valence-electron chi connectivity index (χ3n) is 3.19. The van der Waals surface area contributed by atoms with E-state index in [0.29, 0.717) is 11.2 Å². The number of rotatable bonds is 9. The van der Waals surface area contributed by atoms with Crippen LogP contribution in [0, 0.1) is 0 Å². The van der Waals surface area contributed by atoms with E-state index < -0.39 is 5.97 Å². The summed E-state index contributed by atoms with van der Waals surface area (Å²) in [5.74, 6) is 0.0190. The van der Waals surface area contributed by atoms with E-state index in [1.807, 2.05) is 4.57 Å². The SMILES string of the molecule is CCCn1c(SCC(=O)O)nnc1N(CC)C(C)CC.